The number of benzene rings is 3. The molecule has 0 spiro atoms. The summed E-state index contributed by atoms with van der Waals surface area (Å²) in [5, 5.41) is 18.1. The van der Waals surface area contributed by atoms with Gasteiger partial charge in [0.25, 0.3) is 5.69 Å². The fourth-order valence-electron chi connectivity index (χ4n) is 2.68. The number of hydrogen-bond acceptors (Lipinski definition) is 6. The quantitative estimate of drug-likeness (QED) is 0.346. The van der Waals surface area contributed by atoms with Gasteiger partial charge in [-0.3, -0.25) is 10.1 Å². The molecule has 7 nitrogen and oxygen atoms in total. The van der Waals surface area contributed by atoms with Crippen LogP contribution in [0.2, 0.25) is 0 Å². The van der Waals surface area contributed by atoms with Gasteiger partial charge in [0, 0.05) is 28.9 Å². The van der Waals surface area contributed by atoms with Gasteiger partial charge in [-0.15, -0.1) is 12.4 Å². The zero-order valence-electron chi connectivity index (χ0n) is 14.6. The van der Waals surface area contributed by atoms with Gasteiger partial charge in [-0.2, -0.15) is 4.98 Å². The van der Waals surface area contributed by atoms with Gasteiger partial charge in [0.15, 0.2) is 0 Å². The normalized spacial score (nSPS) is 10.1. The van der Waals surface area contributed by atoms with E-state index in [2.05, 4.69) is 20.6 Å². The average Bonchev–Trinajstić information content (AvgIpc) is 2.69. The third kappa shape index (κ3) is 4.16. The van der Waals surface area contributed by atoms with Crippen LogP contribution >= 0.6 is 12.4 Å². The van der Waals surface area contributed by atoms with Crippen molar-refractivity contribution < 1.29 is 4.92 Å². The van der Waals surface area contributed by atoms with Crippen LogP contribution in [0.4, 0.5) is 28.8 Å². The Labute approximate surface area is 167 Å². The minimum Gasteiger partial charge on any atom is -0.340 e. The summed E-state index contributed by atoms with van der Waals surface area (Å²) in [6.45, 7) is 0. The number of anilines is 4. The molecule has 4 rings (SSSR count). The Morgan fingerprint density at radius 2 is 1.39 bits per heavy atom. The summed E-state index contributed by atoms with van der Waals surface area (Å²) in [5.74, 6) is 1.08. The minimum absolute atomic E-state index is 0. The second-order valence-electron chi connectivity index (χ2n) is 5.83. The number of nitro benzene ring substituents is 1. The molecule has 0 unspecified atom stereocenters. The van der Waals surface area contributed by atoms with E-state index in [0.717, 1.165) is 16.6 Å². The van der Waals surface area contributed by atoms with Crippen LogP contribution in [0.5, 0.6) is 0 Å². The van der Waals surface area contributed by atoms with Crippen molar-refractivity contribution in [3.8, 4) is 0 Å². The van der Waals surface area contributed by atoms with E-state index in [-0.39, 0.29) is 18.1 Å². The van der Waals surface area contributed by atoms with E-state index >= 15 is 0 Å². The van der Waals surface area contributed by atoms with Crippen LogP contribution in [0.25, 0.3) is 10.9 Å². The van der Waals surface area contributed by atoms with E-state index in [9.17, 15) is 10.1 Å². The Bertz CT molecular complexity index is 1100. The van der Waals surface area contributed by atoms with Crippen molar-refractivity contribution in [3.05, 3.63) is 89.0 Å². The van der Waals surface area contributed by atoms with Gasteiger partial charge in [0.05, 0.1) is 10.4 Å². The molecule has 8 heteroatoms. The monoisotopic (exact) mass is 393 g/mol. The van der Waals surface area contributed by atoms with Crippen molar-refractivity contribution in [2.24, 2.45) is 0 Å². The first-order valence-corrected chi connectivity index (χ1v) is 8.29. The van der Waals surface area contributed by atoms with Crippen molar-refractivity contribution in [3.63, 3.8) is 0 Å². The van der Waals surface area contributed by atoms with Crippen LogP contribution in [0.15, 0.2) is 78.9 Å². The summed E-state index contributed by atoms with van der Waals surface area (Å²) < 4.78 is 0. The predicted octanol–water partition coefficient (Wildman–Crippen LogP) is 5.45. The molecule has 1 heterocycles. The molecule has 1 aromatic heterocycles. The number of fused-ring (bicyclic) bond motifs is 1. The van der Waals surface area contributed by atoms with Crippen LogP contribution in [0, 0.1) is 10.1 Å². The maximum atomic E-state index is 10.8. The molecule has 0 atom stereocenters. The molecule has 0 aliphatic carbocycles. The van der Waals surface area contributed by atoms with E-state index in [0.29, 0.717) is 17.5 Å². The Morgan fingerprint density at radius 1 is 0.750 bits per heavy atom. The molecule has 0 bridgehead atoms. The SMILES string of the molecule is Cl.O=[N+]([O-])c1ccc(Nc2nc(Nc3ccccc3)c3ccccc3n2)cc1. The summed E-state index contributed by atoms with van der Waals surface area (Å²) in [7, 11) is 0. The van der Waals surface area contributed by atoms with Crippen LogP contribution in [-0.2, 0) is 0 Å². The fraction of sp³-hybridized carbons (Fsp3) is 0. The predicted molar refractivity (Wildman–Crippen MR) is 113 cm³/mol. The molecule has 0 amide bonds. The Balaban J connectivity index is 0.00000225. The summed E-state index contributed by atoms with van der Waals surface area (Å²) in [6, 6.07) is 23.6. The van der Waals surface area contributed by atoms with Crippen molar-refractivity contribution >= 4 is 52.1 Å². The van der Waals surface area contributed by atoms with Gasteiger partial charge in [-0.25, -0.2) is 4.98 Å². The van der Waals surface area contributed by atoms with Gasteiger partial charge in [0.2, 0.25) is 5.95 Å². The number of nitro groups is 1. The molecule has 0 fully saturated rings. The van der Waals surface area contributed by atoms with E-state index in [1.54, 1.807) is 12.1 Å². The number of rotatable bonds is 5. The number of hydrogen-bond donors (Lipinski definition) is 2. The number of nitrogens with zero attached hydrogens (tertiary/aromatic N) is 3. The molecule has 0 radical (unpaired) electrons. The average molecular weight is 394 g/mol. The molecule has 0 aliphatic rings. The molecule has 140 valence electrons. The standard InChI is InChI=1S/C20H15N5O2.ClH/c26-25(27)16-12-10-15(11-13-16)22-20-23-18-9-5-4-8-17(18)19(24-20)21-14-6-2-1-3-7-14;/h1-13H,(H2,21,22,23,24);1H. The third-order valence-electron chi connectivity index (χ3n) is 3.97. The first kappa shape index (κ1) is 19.1. The van der Waals surface area contributed by atoms with Gasteiger partial charge < -0.3 is 10.6 Å². The molecule has 2 N–H and O–H groups in total. The summed E-state index contributed by atoms with van der Waals surface area (Å²) >= 11 is 0. The maximum Gasteiger partial charge on any atom is 0.269 e. The Morgan fingerprint density at radius 3 is 2.11 bits per heavy atom. The van der Waals surface area contributed by atoms with Crippen LogP contribution in [0.1, 0.15) is 0 Å². The number of non-ortho nitro benzene ring substituents is 1. The maximum absolute atomic E-state index is 10.8. The molecule has 0 saturated heterocycles. The Kier molecular flexibility index (Phi) is 5.67. The van der Waals surface area contributed by atoms with Crippen molar-refractivity contribution in [1.82, 2.24) is 9.97 Å². The lowest BCUT2D eigenvalue weighted by molar-refractivity contribution is -0.384. The lowest BCUT2D eigenvalue weighted by Crippen LogP contribution is -2.02. The third-order valence-corrected chi connectivity index (χ3v) is 3.97. The highest BCUT2D eigenvalue weighted by Gasteiger charge is 2.09. The van der Waals surface area contributed by atoms with E-state index in [1.807, 2.05) is 54.6 Å². The lowest BCUT2D eigenvalue weighted by atomic mass is 10.2. The first-order valence-electron chi connectivity index (χ1n) is 8.29. The molecule has 3 aromatic carbocycles. The van der Waals surface area contributed by atoms with Gasteiger partial charge >= 0.3 is 0 Å². The highest BCUT2D eigenvalue weighted by Crippen LogP contribution is 2.26. The highest BCUT2D eigenvalue weighted by atomic mass is 35.5. The first-order chi connectivity index (χ1) is 13.2. The molecular formula is C20H16ClN5O2. The highest BCUT2D eigenvalue weighted by molar-refractivity contribution is 5.92. The molecule has 28 heavy (non-hydrogen) atoms. The molecule has 0 aliphatic heterocycles. The lowest BCUT2D eigenvalue weighted by Gasteiger charge is -2.12. The number of aromatic nitrogens is 2. The van der Waals surface area contributed by atoms with Gasteiger partial charge in [0.1, 0.15) is 5.82 Å². The smallest absolute Gasteiger partial charge is 0.269 e. The summed E-state index contributed by atoms with van der Waals surface area (Å²) in [5.41, 5.74) is 2.41. The van der Waals surface area contributed by atoms with E-state index < -0.39 is 4.92 Å². The van der Waals surface area contributed by atoms with Crippen molar-refractivity contribution in [1.29, 1.82) is 0 Å². The fourth-order valence-corrected chi connectivity index (χ4v) is 2.68. The minimum atomic E-state index is -0.432. The molecular weight excluding hydrogens is 378 g/mol. The zero-order chi connectivity index (χ0) is 18.6. The van der Waals surface area contributed by atoms with Crippen LogP contribution in [0.3, 0.4) is 0 Å². The Hall–Kier alpha value is -3.71. The van der Waals surface area contributed by atoms with Gasteiger partial charge in [-0.1, -0.05) is 30.3 Å². The number of nitrogens with one attached hydrogen (secondary N) is 2. The molecule has 4 aromatic rings. The number of halogens is 1. The topological polar surface area (TPSA) is 93.0 Å². The second-order valence-corrected chi connectivity index (χ2v) is 5.83. The van der Waals surface area contributed by atoms with Crippen LogP contribution < -0.4 is 10.6 Å². The van der Waals surface area contributed by atoms with Crippen LogP contribution in [-0.4, -0.2) is 14.9 Å². The van der Waals surface area contributed by atoms with Crippen molar-refractivity contribution in [2.45, 2.75) is 0 Å². The largest absolute Gasteiger partial charge is 0.340 e. The van der Waals surface area contributed by atoms with Crippen molar-refractivity contribution in [2.75, 3.05) is 10.6 Å². The molecule has 0 saturated carbocycles. The summed E-state index contributed by atoms with van der Waals surface area (Å²) in [4.78, 5) is 19.5. The van der Waals surface area contributed by atoms with E-state index in [1.165, 1.54) is 12.1 Å². The summed E-state index contributed by atoms with van der Waals surface area (Å²) in [6.07, 6.45) is 0. The number of para-hydroxylation sites is 2. The second kappa shape index (κ2) is 8.32. The van der Waals surface area contributed by atoms with Gasteiger partial charge in [-0.05, 0) is 36.4 Å². The zero-order valence-corrected chi connectivity index (χ0v) is 15.4. The van der Waals surface area contributed by atoms with E-state index in [4.69, 9.17) is 0 Å².